The molecule has 0 aliphatic rings. The van der Waals surface area contributed by atoms with Crippen molar-refractivity contribution in [2.24, 2.45) is 5.92 Å². The van der Waals surface area contributed by atoms with Crippen LogP contribution in [0, 0.1) is 11.0 Å². The van der Waals surface area contributed by atoms with E-state index in [-0.39, 0.29) is 17.0 Å². The number of thiophene rings is 1. The quantitative estimate of drug-likeness (QED) is 0.269. The molecule has 36 heavy (non-hydrogen) atoms. The number of anilines is 1. The van der Waals surface area contributed by atoms with Crippen molar-refractivity contribution in [3.05, 3.63) is 66.2 Å². The van der Waals surface area contributed by atoms with Crippen molar-refractivity contribution >= 4 is 44.9 Å². The average molecular weight is 498 g/mol. The van der Waals surface area contributed by atoms with Crippen LogP contribution in [-0.4, -0.2) is 36.0 Å². The molecular formula is C26H20FN7OS. The number of H-pyrrole nitrogens is 2. The van der Waals surface area contributed by atoms with E-state index < -0.39 is 0 Å². The number of hydrogen-bond acceptors (Lipinski definition) is 6. The first-order chi connectivity index (χ1) is 17.5. The van der Waals surface area contributed by atoms with Crippen LogP contribution >= 0.6 is 11.3 Å². The maximum absolute atomic E-state index is 13.7. The number of imidazole rings is 1. The molecule has 0 saturated heterocycles. The fourth-order valence-electron chi connectivity index (χ4n) is 3.99. The normalized spacial score (nSPS) is 11.6. The smallest absolute Gasteiger partial charge is 0.226 e. The number of benzene rings is 1. The van der Waals surface area contributed by atoms with E-state index in [0.717, 1.165) is 49.3 Å². The average Bonchev–Trinajstić information content (AvgIpc) is 3.61. The number of aromatic amines is 2. The monoisotopic (exact) mass is 497 g/mol. The van der Waals surface area contributed by atoms with Crippen LogP contribution in [0.4, 0.5) is 10.1 Å². The van der Waals surface area contributed by atoms with Crippen molar-refractivity contribution in [1.82, 2.24) is 30.1 Å². The number of rotatable bonds is 5. The van der Waals surface area contributed by atoms with E-state index in [1.54, 1.807) is 24.7 Å². The molecule has 10 heteroatoms. The predicted octanol–water partition coefficient (Wildman–Crippen LogP) is 6.03. The Morgan fingerprint density at radius 1 is 1.08 bits per heavy atom. The number of carbonyl (C=O) groups is 1. The number of nitrogens with one attached hydrogen (secondary N) is 3. The lowest BCUT2D eigenvalue weighted by atomic mass is 10.1. The zero-order valence-electron chi connectivity index (χ0n) is 19.3. The highest BCUT2D eigenvalue weighted by atomic mass is 32.1. The summed E-state index contributed by atoms with van der Waals surface area (Å²) in [6.07, 6.45) is 5.02. The van der Waals surface area contributed by atoms with Gasteiger partial charge in [0.2, 0.25) is 5.91 Å². The molecule has 0 saturated carbocycles. The van der Waals surface area contributed by atoms with Crippen LogP contribution in [0.3, 0.4) is 0 Å². The summed E-state index contributed by atoms with van der Waals surface area (Å²) in [6.45, 7) is 3.67. The predicted molar refractivity (Wildman–Crippen MR) is 139 cm³/mol. The SMILES string of the molecule is CC(C)C(=O)Nc1cncc(-c2cc3c(-c4nc5c(-c6ccc(F)s6)cccc5[nH]4)n[nH]c3cn2)c1. The molecule has 1 aromatic carbocycles. The number of carbonyl (C=O) groups excluding carboxylic acids is 1. The van der Waals surface area contributed by atoms with Gasteiger partial charge in [0.25, 0.3) is 0 Å². The van der Waals surface area contributed by atoms with Gasteiger partial charge in [0.05, 0.1) is 40.3 Å². The highest BCUT2D eigenvalue weighted by Crippen LogP contribution is 2.35. The largest absolute Gasteiger partial charge is 0.337 e. The topological polar surface area (TPSA) is 112 Å². The Labute approximate surface area is 208 Å². The summed E-state index contributed by atoms with van der Waals surface area (Å²) in [5.41, 5.74) is 5.89. The minimum atomic E-state index is -0.238. The van der Waals surface area contributed by atoms with E-state index >= 15 is 0 Å². The molecule has 6 aromatic rings. The van der Waals surface area contributed by atoms with Gasteiger partial charge in [-0.2, -0.15) is 9.49 Å². The summed E-state index contributed by atoms with van der Waals surface area (Å²) in [6, 6.07) is 12.8. The van der Waals surface area contributed by atoms with Crippen LogP contribution in [0.25, 0.3) is 55.2 Å². The van der Waals surface area contributed by atoms with Gasteiger partial charge in [0.1, 0.15) is 5.69 Å². The molecule has 5 aromatic heterocycles. The van der Waals surface area contributed by atoms with E-state index in [4.69, 9.17) is 4.98 Å². The van der Waals surface area contributed by atoms with Crippen molar-refractivity contribution < 1.29 is 9.18 Å². The van der Waals surface area contributed by atoms with Crippen molar-refractivity contribution in [2.45, 2.75) is 13.8 Å². The van der Waals surface area contributed by atoms with Gasteiger partial charge in [-0.1, -0.05) is 26.0 Å². The van der Waals surface area contributed by atoms with Crippen LogP contribution in [0.2, 0.25) is 0 Å². The maximum Gasteiger partial charge on any atom is 0.226 e. The van der Waals surface area contributed by atoms with Gasteiger partial charge in [-0.05, 0) is 30.3 Å². The Hall–Kier alpha value is -4.44. The Kier molecular flexibility index (Phi) is 5.30. The van der Waals surface area contributed by atoms with Gasteiger partial charge in [-0.3, -0.25) is 19.9 Å². The van der Waals surface area contributed by atoms with Crippen molar-refractivity contribution in [2.75, 3.05) is 5.32 Å². The molecule has 6 rings (SSSR count). The zero-order valence-corrected chi connectivity index (χ0v) is 20.2. The number of para-hydroxylation sites is 1. The lowest BCUT2D eigenvalue weighted by Gasteiger charge is -2.08. The third kappa shape index (κ3) is 3.91. The molecule has 0 aliphatic carbocycles. The summed E-state index contributed by atoms with van der Waals surface area (Å²) >= 11 is 1.09. The molecule has 0 aliphatic heterocycles. The number of hydrogen-bond donors (Lipinski definition) is 3. The van der Waals surface area contributed by atoms with Crippen LogP contribution in [-0.2, 0) is 4.79 Å². The van der Waals surface area contributed by atoms with E-state index in [9.17, 15) is 9.18 Å². The highest BCUT2D eigenvalue weighted by molar-refractivity contribution is 7.14. The van der Waals surface area contributed by atoms with E-state index in [0.29, 0.717) is 22.9 Å². The summed E-state index contributed by atoms with van der Waals surface area (Å²) in [5, 5.41) is 11.0. The standard InChI is InChI=1S/C26H20FN7OS/c1-13(2)26(35)30-15-8-14(10-28-11-15)19-9-17-20(12-29-19)33-34-24(17)25-31-18-5-3-4-16(23(18)32-25)21-6-7-22(27)36-21/h3-13H,1-2H3,(H,30,35)(H,31,32)(H,33,34). The summed E-state index contributed by atoms with van der Waals surface area (Å²) < 4.78 is 13.7. The number of amides is 1. The molecular weight excluding hydrogens is 477 g/mol. The number of fused-ring (bicyclic) bond motifs is 2. The fraction of sp³-hybridized carbons (Fsp3) is 0.115. The zero-order chi connectivity index (χ0) is 24.8. The molecule has 0 spiro atoms. The second kappa shape index (κ2) is 8.65. The first kappa shape index (κ1) is 22.1. The summed E-state index contributed by atoms with van der Waals surface area (Å²) in [4.78, 5) is 29.9. The van der Waals surface area contributed by atoms with Crippen LogP contribution in [0.5, 0.6) is 0 Å². The lowest BCUT2D eigenvalue weighted by molar-refractivity contribution is -0.118. The molecule has 0 atom stereocenters. The second-order valence-corrected chi connectivity index (χ2v) is 9.72. The number of pyridine rings is 2. The maximum atomic E-state index is 13.7. The van der Waals surface area contributed by atoms with Crippen LogP contribution in [0.1, 0.15) is 13.8 Å². The molecule has 3 N–H and O–H groups in total. The molecule has 1 amide bonds. The van der Waals surface area contributed by atoms with Crippen molar-refractivity contribution in [3.63, 3.8) is 0 Å². The third-order valence-corrected chi connectivity index (χ3v) is 6.76. The Bertz CT molecular complexity index is 1750. The van der Waals surface area contributed by atoms with Gasteiger partial charge in [0.15, 0.2) is 11.0 Å². The third-order valence-electron chi connectivity index (χ3n) is 5.85. The van der Waals surface area contributed by atoms with Gasteiger partial charge in [-0.15, -0.1) is 11.3 Å². The Morgan fingerprint density at radius 3 is 2.78 bits per heavy atom. The Morgan fingerprint density at radius 2 is 1.97 bits per heavy atom. The van der Waals surface area contributed by atoms with Crippen molar-refractivity contribution in [3.8, 4) is 33.2 Å². The Balaban J connectivity index is 1.41. The van der Waals surface area contributed by atoms with Gasteiger partial charge < -0.3 is 10.3 Å². The molecule has 0 unspecified atom stereocenters. The van der Waals surface area contributed by atoms with Gasteiger partial charge in [-0.25, -0.2) is 4.98 Å². The first-order valence-corrected chi connectivity index (χ1v) is 12.1. The van der Waals surface area contributed by atoms with Crippen molar-refractivity contribution in [1.29, 1.82) is 0 Å². The second-order valence-electron chi connectivity index (χ2n) is 8.68. The van der Waals surface area contributed by atoms with Gasteiger partial charge >= 0.3 is 0 Å². The fourth-order valence-corrected chi connectivity index (χ4v) is 4.75. The molecule has 0 radical (unpaired) electrons. The minimum absolute atomic E-state index is 0.0796. The van der Waals surface area contributed by atoms with E-state index in [1.165, 1.54) is 6.07 Å². The van der Waals surface area contributed by atoms with Gasteiger partial charge in [0, 0.05) is 33.5 Å². The number of aromatic nitrogens is 6. The minimum Gasteiger partial charge on any atom is -0.337 e. The number of nitrogens with zero attached hydrogens (tertiary/aromatic N) is 4. The first-order valence-electron chi connectivity index (χ1n) is 11.3. The van der Waals surface area contributed by atoms with Crippen LogP contribution < -0.4 is 5.32 Å². The molecule has 8 nitrogen and oxygen atoms in total. The molecule has 0 bridgehead atoms. The van der Waals surface area contributed by atoms with E-state index in [2.05, 4.69) is 30.5 Å². The molecule has 178 valence electrons. The summed E-state index contributed by atoms with van der Waals surface area (Å²) in [5.74, 6) is 0.373. The van der Waals surface area contributed by atoms with E-state index in [1.807, 2.05) is 44.2 Å². The van der Waals surface area contributed by atoms with Crippen LogP contribution in [0.15, 0.2) is 61.1 Å². The lowest BCUT2D eigenvalue weighted by Crippen LogP contribution is -2.17. The highest BCUT2D eigenvalue weighted by Gasteiger charge is 2.17. The molecule has 0 fully saturated rings. The summed E-state index contributed by atoms with van der Waals surface area (Å²) in [7, 11) is 0. The molecule has 5 heterocycles. The number of halogens is 1.